The highest BCUT2D eigenvalue weighted by atomic mass is 32.2. The minimum Gasteiger partial charge on any atom is -0.283 e. The Morgan fingerprint density at radius 1 is 1.04 bits per heavy atom. The van der Waals surface area contributed by atoms with Gasteiger partial charge in [0.15, 0.2) is 5.16 Å². The van der Waals surface area contributed by atoms with Crippen LogP contribution in [0.15, 0.2) is 88.6 Å². The second kappa shape index (κ2) is 7.94. The average molecular weight is 391 g/mol. The van der Waals surface area contributed by atoms with Gasteiger partial charge in [0.05, 0.1) is 5.52 Å². The van der Waals surface area contributed by atoms with Gasteiger partial charge >= 0.3 is 0 Å². The van der Waals surface area contributed by atoms with Crippen LogP contribution in [0.25, 0.3) is 21.3 Å². The molecule has 0 unspecified atom stereocenters. The van der Waals surface area contributed by atoms with Gasteiger partial charge in [0, 0.05) is 12.3 Å². The molecular formula is C22H18N2OS2. The van der Waals surface area contributed by atoms with E-state index in [4.69, 9.17) is 0 Å². The second-order valence-corrected chi connectivity index (χ2v) is 7.94. The molecule has 5 heteroatoms. The van der Waals surface area contributed by atoms with Crippen LogP contribution in [0.4, 0.5) is 0 Å². The van der Waals surface area contributed by atoms with E-state index in [9.17, 15) is 4.79 Å². The highest BCUT2D eigenvalue weighted by Gasteiger charge is 2.12. The Kier molecular flexibility index (Phi) is 5.23. The summed E-state index contributed by atoms with van der Waals surface area (Å²) in [5.41, 5.74) is 4.39. The van der Waals surface area contributed by atoms with Crippen molar-refractivity contribution in [3.05, 3.63) is 94.6 Å². The first-order chi connectivity index (χ1) is 13.3. The lowest BCUT2D eigenvalue weighted by Crippen LogP contribution is -2.21. The maximum atomic E-state index is 12.7. The Morgan fingerprint density at radius 3 is 2.52 bits per heavy atom. The van der Waals surface area contributed by atoms with E-state index in [-0.39, 0.29) is 5.56 Å². The predicted molar refractivity (Wildman–Crippen MR) is 116 cm³/mol. The topological polar surface area (TPSA) is 34.9 Å². The van der Waals surface area contributed by atoms with Crippen molar-refractivity contribution in [2.45, 2.75) is 17.5 Å². The van der Waals surface area contributed by atoms with Gasteiger partial charge in [-0.1, -0.05) is 72.4 Å². The standard InChI is InChI=1S/C22H18N2OS2/c1-2-13-24-21(25)20-19(12-14-26-20)23-22(24)27-15-16-8-10-18(11-9-16)17-6-4-3-5-7-17/h2-12,14H,1,13,15H2. The molecule has 0 radical (unpaired) electrons. The molecule has 2 aromatic heterocycles. The van der Waals surface area contributed by atoms with Crippen molar-refractivity contribution in [1.29, 1.82) is 0 Å². The molecule has 0 aliphatic rings. The van der Waals surface area contributed by atoms with E-state index in [1.807, 2.05) is 29.6 Å². The number of thiophene rings is 1. The minimum absolute atomic E-state index is 0.0109. The Hall–Kier alpha value is -2.63. The second-order valence-electron chi connectivity index (χ2n) is 6.09. The van der Waals surface area contributed by atoms with Crippen LogP contribution >= 0.6 is 23.1 Å². The van der Waals surface area contributed by atoms with Crippen LogP contribution in [0.5, 0.6) is 0 Å². The van der Waals surface area contributed by atoms with Gasteiger partial charge in [-0.15, -0.1) is 17.9 Å². The van der Waals surface area contributed by atoms with Crippen LogP contribution in [-0.4, -0.2) is 9.55 Å². The normalized spacial score (nSPS) is 11.0. The van der Waals surface area contributed by atoms with Crippen molar-refractivity contribution in [1.82, 2.24) is 9.55 Å². The van der Waals surface area contributed by atoms with E-state index in [2.05, 4.69) is 48.0 Å². The maximum Gasteiger partial charge on any atom is 0.272 e. The number of fused-ring (bicyclic) bond motifs is 1. The summed E-state index contributed by atoms with van der Waals surface area (Å²) in [6, 6.07) is 20.8. The summed E-state index contributed by atoms with van der Waals surface area (Å²) in [5, 5.41) is 2.64. The van der Waals surface area contributed by atoms with Gasteiger partial charge in [-0.25, -0.2) is 4.98 Å². The lowest BCUT2D eigenvalue weighted by atomic mass is 10.0. The van der Waals surface area contributed by atoms with E-state index in [1.54, 1.807) is 22.4 Å². The fourth-order valence-corrected chi connectivity index (χ4v) is 4.64. The maximum absolute atomic E-state index is 12.7. The average Bonchev–Trinajstić information content (AvgIpc) is 3.19. The zero-order valence-corrected chi connectivity index (χ0v) is 16.3. The molecule has 4 aromatic rings. The molecule has 0 amide bonds. The first-order valence-corrected chi connectivity index (χ1v) is 10.5. The fraction of sp³-hybridized carbons (Fsp3) is 0.0909. The molecule has 0 atom stereocenters. The van der Waals surface area contributed by atoms with Crippen LogP contribution in [0, 0.1) is 0 Å². The highest BCUT2D eigenvalue weighted by molar-refractivity contribution is 7.98. The zero-order chi connectivity index (χ0) is 18.6. The van der Waals surface area contributed by atoms with Gasteiger partial charge in [-0.05, 0) is 28.1 Å². The summed E-state index contributed by atoms with van der Waals surface area (Å²) in [6.45, 7) is 4.24. The number of allylic oxidation sites excluding steroid dienone is 1. The van der Waals surface area contributed by atoms with E-state index >= 15 is 0 Å². The van der Waals surface area contributed by atoms with Crippen molar-refractivity contribution in [2.75, 3.05) is 0 Å². The summed E-state index contributed by atoms with van der Waals surface area (Å²) < 4.78 is 2.41. The third-order valence-electron chi connectivity index (χ3n) is 4.27. The highest BCUT2D eigenvalue weighted by Crippen LogP contribution is 2.25. The van der Waals surface area contributed by atoms with Crippen molar-refractivity contribution >= 4 is 33.3 Å². The first kappa shape index (κ1) is 17.8. The van der Waals surface area contributed by atoms with Gasteiger partial charge < -0.3 is 0 Å². The Balaban J connectivity index is 1.57. The lowest BCUT2D eigenvalue weighted by Gasteiger charge is -2.10. The van der Waals surface area contributed by atoms with Crippen LogP contribution in [0.3, 0.4) is 0 Å². The third kappa shape index (κ3) is 3.75. The Bertz CT molecular complexity index is 1130. The van der Waals surface area contributed by atoms with Crippen molar-refractivity contribution < 1.29 is 0 Å². The SMILES string of the molecule is C=CCn1c(SCc2ccc(-c3ccccc3)cc2)nc2ccsc2c1=O. The zero-order valence-electron chi connectivity index (χ0n) is 14.7. The molecule has 2 aromatic carbocycles. The molecule has 0 fully saturated rings. The van der Waals surface area contributed by atoms with Crippen LogP contribution < -0.4 is 5.56 Å². The monoisotopic (exact) mass is 390 g/mol. The number of rotatable bonds is 6. The number of nitrogens with zero attached hydrogens (tertiary/aromatic N) is 2. The van der Waals surface area contributed by atoms with E-state index in [1.165, 1.54) is 28.0 Å². The summed E-state index contributed by atoms with van der Waals surface area (Å²) >= 11 is 3.02. The molecular weight excluding hydrogens is 372 g/mol. The van der Waals surface area contributed by atoms with Crippen molar-refractivity contribution in [3.63, 3.8) is 0 Å². The number of benzene rings is 2. The van der Waals surface area contributed by atoms with Gasteiger partial charge in [-0.2, -0.15) is 0 Å². The van der Waals surface area contributed by atoms with E-state index < -0.39 is 0 Å². The minimum atomic E-state index is 0.0109. The van der Waals surface area contributed by atoms with Crippen molar-refractivity contribution in [3.8, 4) is 11.1 Å². The molecule has 134 valence electrons. The van der Waals surface area contributed by atoms with Gasteiger partial charge in [0.25, 0.3) is 5.56 Å². The molecule has 2 heterocycles. The molecule has 4 rings (SSSR count). The van der Waals surface area contributed by atoms with Gasteiger partial charge in [0.1, 0.15) is 4.70 Å². The summed E-state index contributed by atoms with van der Waals surface area (Å²) in [7, 11) is 0. The summed E-state index contributed by atoms with van der Waals surface area (Å²) in [6.07, 6.45) is 1.74. The van der Waals surface area contributed by atoms with Crippen LogP contribution in [0.1, 0.15) is 5.56 Å². The Labute approximate surface area is 166 Å². The Morgan fingerprint density at radius 2 is 1.78 bits per heavy atom. The van der Waals surface area contributed by atoms with E-state index in [0.29, 0.717) is 11.2 Å². The third-order valence-corrected chi connectivity index (χ3v) is 6.21. The smallest absolute Gasteiger partial charge is 0.272 e. The molecule has 27 heavy (non-hydrogen) atoms. The van der Waals surface area contributed by atoms with Gasteiger partial charge in [-0.3, -0.25) is 9.36 Å². The fourth-order valence-electron chi connectivity index (χ4n) is 2.90. The largest absolute Gasteiger partial charge is 0.283 e. The molecule has 0 N–H and O–H groups in total. The molecule has 0 saturated carbocycles. The molecule has 0 saturated heterocycles. The quantitative estimate of drug-likeness (QED) is 0.244. The molecule has 0 aliphatic carbocycles. The molecule has 0 aliphatic heterocycles. The van der Waals surface area contributed by atoms with E-state index in [0.717, 1.165) is 16.4 Å². The van der Waals surface area contributed by atoms with Crippen molar-refractivity contribution in [2.24, 2.45) is 0 Å². The summed E-state index contributed by atoms with van der Waals surface area (Å²) in [5.74, 6) is 0.758. The number of hydrogen-bond acceptors (Lipinski definition) is 4. The summed E-state index contributed by atoms with van der Waals surface area (Å²) in [4.78, 5) is 17.4. The molecule has 0 spiro atoms. The lowest BCUT2D eigenvalue weighted by molar-refractivity contribution is 0.673. The molecule has 3 nitrogen and oxygen atoms in total. The first-order valence-electron chi connectivity index (χ1n) is 8.62. The van der Waals surface area contributed by atoms with Gasteiger partial charge in [0.2, 0.25) is 0 Å². The van der Waals surface area contributed by atoms with Crippen LogP contribution in [-0.2, 0) is 12.3 Å². The number of thioether (sulfide) groups is 1. The molecule has 0 bridgehead atoms. The number of hydrogen-bond donors (Lipinski definition) is 0. The predicted octanol–water partition coefficient (Wildman–Crippen LogP) is 5.60. The number of aromatic nitrogens is 2. The van der Waals surface area contributed by atoms with Crippen LogP contribution in [0.2, 0.25) is 0 Å².